The molecule has 0 aliphatic carbocycles. The van der Waals surface area contributed by atoms with Gasteiger partial charge >= 0.3 is 0 Å². The summed E-state index contributed by atoms with van der Waals surface area (Å²) >= 11 is 1.47. The maximum absolute atomic E-state index is 13.1. The first-order chi connectivity index (χ1) is 9.41. The molecule has 3 nitrogen and oxygen atoms in total. The van der Waals surface area contributed by atoms with Gasteiger partial charge in [-0.2, -0.15) is 0 Å². The van der Waals surface area contributed by atoms with Gasteiger partial charge in [-0.05, 0) is 36.4 Å². The van der Waals surface area contributed by atoms with Crippen LogP contribution in [0.1, 0.15) is 30.7 Å². The van der Waals surface area contributed by atoms with Crippen LogP contribution in [-0.2, 0) is 9.84 Å². The highest BCUT2D eigenvalue weighted by molar-refractivity contribution is 7.91. The van der Waals surface area contributed by atoms with Gasteiger partial charge in [-0.1, -0.05) is 13.0 Å². The summed E-state index contributed by atoms with van der Waals surface area (Å²) in [6, 6.07) is 6.43. The third kappa shape index (κ3) is 3.77. The molecule has 20 heavy (non-hydrogen) atoms. The van der Waals surface area contributed by atoms with Gasteiger partial charge in [0, 0.05) is 21.4 Å². The highest BCUT2D eigenvalue weighted by Gasteiger charge is 2.13. The molecule has 1 atom stereocenters. The number of rotatable bonds is 6. The molecular weight excluding hydrogens is 297 g/mol. The second-order valence-corrected chi connectivity index (χ2v) is 8.40. The first-order valence-electron chi connectivity index (χ1n) is 6.56. The van der Waals surface area contributed by atoms with Gasteiger partial charge in [0.05, 0.1) is 5.75 Å². The highest BCUT2D eigenvalue weighted by Crippen LogP contribution is 2.31. The maximum Gasteiger partial charge on any atom is 0.150 e. The number of benzene rings is 1. The van der Waals surface area contributed by atoms with Crippen LogP contribution in [-0.4, -0.2) is 19.9 Å². The second kappa shape index (κ2) is 6.20. The summed E-state index contributed by atoms with van der Waals surface area (Å²) < 4.78 is 36.8. The van der Waals surface area contributed by atoms with Crippen molar-refractivity contribution in [2.45, 2.75) is 25.8 Å². The van der Waals surface area contributed by atoms with Crippen molar-refractivity contribution in [1.29, 1.82) is 0 Å². The molecule has 2 N–H and O–H groups in total. The van der Waals surface area contributed by atoms with E-state index >= 15 is 0 Å². The molecule has 0 fully saturated rings. The normalized spacial score (nSPS) is 13.8. The second-order valence-electron chi connectivity index (χ2n) is 4.82. The standard InChI is InChI=1S/C14H18FNO2S2/c1-2-20(17,18)7-3-4-12(16)14-8-10-5-6-11(15)9-13(10)19-14/h5-6,8-9,12H,2-4,7,16H2,1H3. The van der Waals surface area contributed by atoms with Crippen LogP contribution in [0.25, 0.3) is 10.1 Å². The molecule has 1 aromatic carbocycles. The largest absolute Gasteiger partial charge is 0.323 e. The number of hydrogen-bond acceptors (Lipinski definition) is 4. The Labute approximate surface area is 122 Å². The Morgan fingerprint density at radius 1 is 1.35 bits per heavy atom. The summed E-state index contributed by atoms with van der Waals surface area (Å²) in [5.74, 6) is 0.0923. The molecule has 2 aromatic rings. The minimum Gasteiger partial charge on any atom is -0.323 e. The molecule has 2 rings (SSSR count). The molecule has 6 heteroatoms. The van der Waals surface area contributed by atoms with Crippen LogP contribution < -0.4 is 5.73 Å². The number of sulfone groups is 1. The van der Waals surface area contributed by atoms with Gasteiger partial charge in [-0.15, -0.1) is 11.3 Å². The smallest absolute Gasteiger partial charge is 0.150 e. The number of fused-ring (bicyclic) bond motifs is 1. The SMILES string of the molecule is CCS(=O)(=O)CCCC(N)c1cc2ccc(F)cc2s1. The lowest BCUT2D eigenvalue weighted by Gasteiger charge is -2.08. The predicted molar refractivity (Wildman–Crippen MR) is 82.3 cm³/mol. The first kappa shape index (κ1) is 15.4. The highest BCUT2D eigenvalue weighted by atomic mass is 32.2. The van der Waals surface area contributed by atoms with Crippen molar-refractivity contribution in [1.82, 2.24) is 0 Å². The number of halogens is 1. The van der Waals surface area contributed by atoms with E-state index in [1.165, 1.54) is 23.5 Å². The van der Waals surface area contributed by atoms with Crippen molar-refractivity contribution in [3.8, 4) is 0 Å². The summed E-state index contributed by atoms with van der Waals surface area (Å²) in [4.78, 5) is 0.972. The van der Waals surface area contributed by atoms with Gasteiger partial charge in [-0.3, -0.25) is 0 Å². The quantitative estimate of drug-likeness (QED) is 0.890. The van der Waals surface area contributed by atoms with E-state index in [0.717, 1.165) is 15.0 Å². The molecular formula is C14H18FNO2S2. The van der Waals surface area contributed by atoms with Gasteiger partial charge in [0.2, 0.25) is 0 Å². The van der Waals surface area contributed by atoms with Gasteiger partial charge in [0.1, 0.15) is 15.7 Å². The average Bonchev–Trinajstić information content (AvgIpc) is 2.81. The van der Waals surface area contributed by atoms with E-state index in [2.05, 4.69) is 0 Å². The molecule has 0 aliphatic rings. The van der Waals surface area contributed by atoms with Gasteiger partial charge < -0.3 is 5.73 Å². The maximum atomic E-state index is 13.1. The molecule has 0 bridgehead atoms. The van der Waals surface area contributed by atoms with Crippen molar-refractivity contribution >= 4 is 31.3 Å². The molecule has 0 saturated heterocycles. The number of hydrogen-bond donors (Lipinski definition) is 1. The van der Waals surface area contributed by atoms with Crippen LogP contribution >= 0.6 is 11.3 Å². The Hall–Kier alpha value is -0.980. The van der Waals surface area contributed by atoms with E-state index in [0.29, 0.717) is 12.8 Å². The minimum atomic E-state index is -2.93. The van der Waals surface area contributed by atoms with Crippen molar-refractivity contribution in [3.05, 3.63) is 35.0 Å². The predicted octanol–water partition coefficient (Wildman–Crippen LogP) is 3.26. The van der Waals surface area contributed by atoms with Crippen molar-refractivity contribution in [3.63, 3.8) is 0 Å². The van der Waals surface area contributed by atoms with E-state index in [1.54, 1.807) is 13.0 Å². The fraction of sp³-hybridized carbons (Fsp3) is 0.429. The topological polar surface area (TPSA) is 60.2 Å². The zero-order valence-electron chi connectivity index (χ0n) is 11.3. The van der Waals surface area contributed by atoms with E-state index in [9.17, 15) is 12.8 Å². The van der Waals surface area contributed by atoms with E-state index in [1.807, 2.05) is 6.07 Å². The molecule has 0 radical (unpaired) electrons. The summed E-state index contributed by atoms with van der Waals surface area (Å²) in [7, 11) is -2.93. The fourth-order valence-corrected chi connectivity index (χ4v) is 4.04. The van der Waals surface area contributed by atoms with Gasteiger partial charge in [0.15, 0.2) is 0 Å². The summed E-state index contributed by atoms with van der Waals surface area (Å²) in [6.07, 6.45) is 1.18. The van der Waals surface area contributed by atoms with E-state index < -0.39 is 9.84 Å². The molecule has 110 valence electrons. The van der Waals surface area contributed by atoms with Crippen LogP contribution in [0.5, 0.6) is 0 Å². The molecule has 0 amide bonds. The summed E-state index contributed by atoms with van der Waals surface area (Å²) in [5, 5.41) is 0.975. The average molecular weight is 315 g/mol. The summed E-state index contributed by atoms with van der Waals surface area (Å²) in [6.45, 7) is 1.65. The Kier molecular flexibility index (Phi) is 4.78. The third-order valence-electron chi connectivity index (χ3n) is 3.28. The Balaban J connectivity index is 2.02. The zero-order valence-corrected chi connectivity index (χ0v) is 12.9. The van der Waals surface area contributed by atoms with Crippen molar-refractivity contribution < 1.29 is 12.8 Å². The molecule has 0 aliphatic heterocycles. The molecule has 1 unspecified atom stereocenters. The third-order valence-corrected chi connectivity index (χ3v) is 6.30. The van der Waals surface area contributed by atoms with Crippen molar-refractivity contribution in [2.24, 2.45) is 5.73 Å². The Bertz CT molecular complexity index is 694. The zero-order chi connectivity index (χ0) is 14.8. The van der Waals surface area contributed by atoms with Gasteiger partial charge in [0.25, 0.3) is 0 Å². The van der Waals surface area contributed by atoms with Crippen LogP contribution in [0.3, 0.4) is 0 Å². The molecule has 1 aromatic heterocycles. The molecule has 0 saturated carbocycles. The van der Waals surface area contributed by atoms with Crippen LogP contribution in [0, 0.1) is 5.82 Å². The lowest BCUT2D eigenvalue weighted by molar-refractivity contribution is 0.585. The lowest BCUT2D eigenvalue weighted by atomic mass is 10.1. The molecule has 0 spiro atoms. The summed E-state index contributed by atoms with van der Waals surface area (Å²) in [5.41, 5.74) is 6.09. The van der Waals surface area contributed by atoms with E-state index in [4.69, 9.17) is 5.73 Å². The first-order valence-corrected chi connectivity index (χ1v) is 9.20. The van der Waals surface area contributed by atoms with Crippen molar-refractivity contribution in [2.75, 3.05) is 11.5 Å². The van der Waals surface area contributed by atoms with Crippen LogP contribution in [0.4, 0.5) is 4.39 Å². The van der Waals surface area contributed by atoms with Crippen LogP contribution in [0.2, 0.25) is 0 Å². The Morgan fingerprint density at radius 3 is 2.80 bits per heavy atom. The van der Waals surface area contributed by atoms with Gasteiger partial charge in [-0.25, -0.2) is 12.8 Å². The lowest BCUT2D eigenvalue weighted by Crippen LogP contribution is -2.13. The minimum absolute atomic E-state index is 0.171. The monoisotopic (exact) mass is 315 g/mol. The molecule has 1 heterocycles. The number of thiophene rings is 1. The number of nitrogens with two attached hydrogens (primary N) is 1. The fourth-order valence-electron chi connectivity index (χ4n) is 2.02. The van der Waals surface area contributed by atoms with E-state index in [-0.39, 0.29) is 23.4 Å². The van der Waals surface area contributed by atoms with Crippen LogP contribution in [0.15, 0.2) is 24.3 Å². The Morgan fingerprint density at radius 2 is 2.10 bits per heavy atom.